The van der Waals surface area contributed by atoms with E-state index in [2.05, 4.69) is 11.6 Å². The summed E-state index contributed by atoms with van der Waals surface area (Å²) in [5, 5.41) is -0.359. The molecule has 6 heteroatoms. The van der Waals surface area contributed by atoms with Gasteiger partial charge in [-0.3, -0.25) is 0 Å². The molecular weight excluding hydrogens is 312 g/mol. The maximum absolute atomic E-state index is 12.5. The summed E-state index contributed by atoms with van der Waals surface area (Å²) >= 11 is 0. The Hall–Kier alpha value is -0.170. The summed E-state index contributed by atoms with van der Waals surface area (Å²) < 4.78 is 33.4. The van der Waals surface area contributed by atoms with Gasteiger partial charge in [0, 0.05) is 13.2 Å². The molecule has 0 rings (SSSR count). The molecule has 2 unspecified atom stereocenters. The monoisotopic (exact) mass is 350 g/mol. The number of rotatable bonds is 15. The second-order valence-corrected chi connectivity index (χ2v) is 8.67. The Morgan fingerprint density at radius 2 is 1.74 bits per heavy atom. The molecular formula is C17H38N2O3S. The van der Waals surface area contributed by atoms with Crippen molar-refractivity contribution < 1.29 is 13.2 Å². The van der Waals surface area contributed by atoms with E-state index in [9.17, 15) is 8.42 Å². The second-order valence-electron chi connectivity index (χ2n) is 6.68. The Labute approximate surface area is 143 Å². The van der Waals surface area contributed by atoms with E-state index in [0.717, 1.165) is 32.3 Å². The third kappa shape index (κ3) is 11.1. The molecule has 0 aliphatic carbocycles. The van der Waals surface area contributed by atoms with Crippen LogP contribution in [0.4, 0.5) is 0 Å². The minimum atomic E-state index is -3.27. The van der Waals surface area contributed by atoms with Gasteiger partial charge in [-0.05, 0) is 51.5 Å². The fourth-order valence-electron chi connectivity index (χ4n) is 2.56. The van der Waals surface area contributed by atoms with Crippen LogP contribution in [0.3, 0.4) is 0 Å². The molecule has 23 heavy (non-hydrogen) atoms. The molecule has 3 N–H and O–H groups in total. The topological polar surface area (TPSA) is 81.4 Å². The van der Waals surface area contributed by atoms with Gasteiger partial charge >= 0.3 is 0 Å². The van der Waals surface area contributed by atoms with Gasteiger partial charge in [-0.25, -0.2) is 13.1 Å². The van der Waals surface area contributed by atoms with E-state index in [4.69, 9.17) is 10.5 Å². The Balaban J connectivity index is 4.28. The molecule has 0 aromatic rings. The van der Waals surface area contributed by atoms with Crippen molar-refractivity contribution in [1.29, 1.82) is 0 Å². The Bertz CT molecular complexity index is 372. The first kappa shape index (κ1) is 22.8. The highest BCUT2D eigenvalue weighted by atomic mass is 32.2. The molecule has 0 aromatic carbocycles. The highest BCUT2D eigenvalue weighted by Gasteiger charge is 2.28. The SMILES string of the molecule is CCCCCOC(C)CCC(C(C)C)S(=O)(=O)NCCCCN. The van der Waals surface area contributed by atoms with Gasteiger partial charge < -0.3 is 10.5 Å². The number of unbranched alkanes of at least 4 members (excludes halogenated alkanes) is 3. The number of nitrogens with one attached hydrogen (secondary N) is 1. The maximum atomic E-state index is 12.5. The van der Waals surface area contributed by atoms with Gasteiger partial charge in [-0.2, -0.15) is 0 Å². The van der Waals surface area contributed by atoms with Gasteiger partial charge in [0.05, 0.1) is 11.4 Å². The molecule has 0 amide bonds. The molecule has 5 nitrogen and oxygen atoms in total. The molecule has 0 aliphatic rings. The lowest BCUT2D eigenvalue weighted by molar-refractivity contribution is 0.0556. The Morgan fingerprint density at radius 1 is 1.04 bits per heavy atom. The fourth-order valence-corrected chi connectivity index (χ4v) is 4.36. The predicted octanol–water partition coefficient (Wildman–Crippen LogP) is 3.04. The zero-order chi connectivity index (χ0) is 17.7. The molecule has 0 spiro atoms. The molecule has 2 atom stereocenters. The quantitative estimate of drug-likeness (QED) is 0.445. The summed E-state index contributed by atoms with van der Waals surface area (Å²) in [6.45, 7) is 9.99. The fraction of sp³-hybridized carbons (Fsp3) is 1.00. The standard InChI is InChI=1S/C17H38N2O3S/c1-5-6-9-14-22-16(4)10-11-17(15(2)3)23(20,21)19-13-8-7-12-18/h15-17,19H,5-14,18H2,1-4H3. The molecule has 0 aromatic heterocycles. The predicted molar refractivity (Wildman–Crippen MR) is 98.0 cm³/mol. The van der Waals surface area contributed by atoms with Crippen LogP contribution in [-0.2, 0) is 14.8 Å². The molecule has 0 saturated heterocycles. The Morgan fingerprint density at radius 3 is 2.30 bits per heavy atom. The van der Waals surface area contributed by atoms with E-state index in [1.165, 1.54) is 12.8 Å². The summed E-state index contributed by atoms with van der Waals surface area (Å²) in [6.07, 6.45) is 6.60. The minimum absolute atomic E-state index is 0.0919. The van der Waals surface area contributed by atoms with Gasteiger partial charge in [-0.15, -0.1) is 0 Å². The van der Waals surface area contributed by atoms with Crippen molar-refractivity contribution in [2.75, 3.05) is 19.7 Å². The lowest BCUT2D eigenvalue weighted by Crippen LogP contribution is -2.38. The van der Waals surface area contributed by atoms with Crippen molar-refractivity contribution >= 4 is 10.0 Å². The number of ether oxygens (including phenoxy) is 1. The van der Waals surface area contributed by atoms with Gasteiger partial charge in [0.25, 0.3) is 0 Å². The largest absolute Gasteiger partial charge is 0.379 e. The van der Waals surface area contributed by atoms with E-state index in [1.54, 1.807) is 0 Å². The van der Waals surface area contributed by atoms with Crippen LogP contribution in [0.1, 0.15) is 72.6 Å². The van der Waals surface area contributed by atoms with E-state index < -0.39 is 10.0 Å². The van der Waals surface area contributed by atoms with Gasteiger partial charge in [0.2, 0.25) is 10.0 Å². The van der Waals surface area contributed by atoms with Crippen molar-refractivity contribution in [3.63, 3.8) is 0 Å². The van der Waals surface area contributed by atoms with Crippen LogP contribution in [0, 0.1) is 5.92 Å². The Kier molecular flexibility index (Phi) is 13.1. The van der Waals surface area contributed by atoms with E-state index in [1.807, 2.05) is 20.8 Å². The molecule has 140 valence electrons. The van der Waals surface area contributed by atoms with Crippen molar-refractivity contribution in [3.05, 3.63) is 0 Å². The van der Waals surface area contributed by atoms with Gasteiger partial charge in [0.1, 0.15) is 0 Å². The molecule has 0 heterocycles. The lowest BCUT2D eigenvalue weighted by Gasteiger charge is -2.23. The summed E-state index contributed by atoms with van der Waals surface area (Å²) in [5.41, 5.74) is 5.44. The van der Waals surface area contributed by atoms with Crippen LogP contribution < -0.4 is 10.5 Å². The third-order valence-corrected chi connectivity index (χ3v) is 6.27. The average molecular weight is 351 g/mol. The zero-order valence-corrected chi connectivity index (χ0v) is 16.3. The molecule has 0 bridgehead atoms. The maximum Gasteiger partial charge on any atom is 0.214 e. The number of hydrogen-bond donors (Lipinski definition) is 2. The summed E-state index contributed by atoms with van der Waals surface area (Å²) in [5.74, 6) is 0.0919. The molecule has 0 fully saturated rings. The summed E-state index contributed by atoms with van der Waals surface area (Å²) in [6, 6.07) is 0. The average Bonchev–Trinajstić information content (AvgIpc) is 2.47. The number of sulfonamides is 1. The normalized spacial score (nSPS) is 15.0. The molecule has 0 aliphatic heterocycles. The summed E-state index contributed by atoms with van der Waals surface area (Å²) in [7, 11) is -3.27. The first-order valence-electron chi connectivity index (χ1n) is 9.15. The lowest BCUT2D eigenvalue weighted by atomic mass is 10.0. The smallest absolute Gasteiger partial charge is 0.214 e. The van der Waals surface area contributed by atoms with Crippen molar-refractivity contribution in [2.45, 2.75) is 84.0 Å². The first-order valence-corrected chi connectivity index (χ1v) is 10.7. The van der Waals surface area contributed by atoms with E-state index in [0.29, 0.717) is 19.5 Å². The molecule has 0 radical (unpaired) electrons. The molecule has 0 saturated carbocycles. The van der Waals surface area contributed by atoms with Crippen LogP contribution in [-0.4, -0.2) is 39.5 Å². The van der Waals surface area contributed by atoms with Gasteiger partial charge in [-0.1, -0.05) is 33.6 Å². The highest BCUT2D eigenvalue weighted by Crippen LogP contribution is 2.19. The van der Waals surface area contributed by atoms with Crippen LogP contribution in [0.15, 0.2) is 0 Å². The van der Waals surface area contributed by atoms with Crippen LogP contribution in [0.25, 0.3) is 0 Å². The summed E-state index contributed by atoms with van der Waals surface area (Å²) in [4.78, 5) is 0. The van der Waals surface area contributed by atoms with Gasteiger partial charge in [0.15, 0.2) is 0 Å². The van der Waals surface area contributed by atoms with Crippen LogP contribution in [0.5, 0.6) is 0 Å². The second kappa shape index (κ2) is 13.2. The number of nitrogens with two attached hydrogens (primary N) is 1. The van der Waals surface area contributed by atoms with Crippen molar-refractivity contribution in [1.82, 2.24) is 4.72 Å². The number of hydrogen-bond acceptors (Lipinski definition) is 4. The van der Waals surface area contributed by atoms with Crippen LogP contribution >= 0.6 is 0 Å². The van der Waals surface area contributed by atoms with Crippen LogP contribution in [0.2, 0.25) is 0 Å². The highest BCUT2D eigenvalue weighted by molar-refractivity contribution is 7.90. The van der Waals surface area contributed by atoms with Crippen molar-refractivity contribution in [3.8, 4) is 0 Å². The zero-order valence-electron chi connectivity index (χ0n) is 15.5. The van der Waals surface area contributed by atoms with Crippen molar-refractivity contribution in [2.24, 2.45) is 11.7 Å². The third-order valence-electron chi connectivity index (χ3n) is 4.08. The minimum Gasteiger partial charge on any atom is -0.379 e. The van der Waals surface area contributed by atoms with E-state index >= 15 is 0 Å². The first-order chi connectivity index (χ1) is 10.8. The van der Waals surface area contributed by atoms with E-state index in [-0.39, 0.29) is 17.3 Å².